The molecular weight excluding hydrogens is 425 g/mol. The summed E-state index contributed by atoms with van der Waals surface area (Å²) >= 11 is 3.58. The molecule has 6 heteroatoms. The van der Waals surface area contributed by atoms with E-state index in [-0.39, 0.29) is 24.0 Å². The van der Waals surface area contributed by atoms with Crippen LogP contribution in [0.15, 0.2) is 40.0 Å². The molecular formula is C16H24IN3S2. The molecule has 3 nitrogen and oxygen atoms in total. The quantitative estimate of drug-likeness (QED) is 0.375. The smallest absolute Gasteiger partial charge is 0.191 e. The Morgan fingerprint density at radius 3 is 2.41 bits per heavy atom. The Labute approximate surface area is 158 Å². The number of nitrogens with zero attached hydrogens (tertiary/aromatic N) is 1. The number of thiophene rings is 2. The number of aliphatic imine (C=N–C) groups is 1. The van der Waals surface area contributed by atoms with E-state index in [9.17, 15) is 0 Å². The zero-order chi connectivity index (χ0) is 14.9. The van der Waals surface area contributed by atoms with Gasteiger partial charge < -0.3 is 10.6 Å². The minimum Gasteiger partial charge on any atom is -0.357 e. The van der Waals surface area contributed by atoms with Gasteiger partial charge >= 0.3 is 0 Å². The second-order valence-corrected chi connectivity index (χ2v) is 7.11. The van der Waals surface area contributed by atoms with E-state index in [4.69, 9.17) is 0 Å². The summed E-state index contributed by atoms with van der Waals surface area (Å²) in [4.78, 5) is 7.37. The molecule has 1 atom stereocenters. The Morgan fingerprint density at radius 1 is 1.14 bits per heavy atom. The molecule has 0 saturated heterocycles. The van der Waals surface area contributed by atoms with Crippen LogP contribution in [-0.4, -0.2) is 19.0 Å². The Balaban J connectivity index is 0.00000242. The highest BCUT2D eigenvalue weighted by atomic mass is 127. The molecule has 2 aromatic heterocycles. The zero-order valence-electron chi connectivity index (χ0n) is 13.0. The van der Waals surface area contributed by atoms with Crippen LogP contribution in [0, 0.1) is 5.92 Å². The van der Waals surface area contributed by atoms with E-state index in [0.29, 0.717) is 5.92 Å². The molecule has 0 bridgehead atoms. The van der Waals surface area contributed by atoms with Crippen molar-refractivity contribution in [2.75, 3.05) is 13.1 Å². The third-order valence-electron chi connectivity index (χ3n) is 3.07. The molecule has 0 fully saturated rings. The van der Waals surface area contributed by atoms with E-state index in [1.54, 1.807) is 11.3 Å². The van der Waals surface area contributed by atoms with Crippen molar-refractivity contribution < 1.29 is 0 Å². The average Bonchev–Trinajstić information content (AvgIpc) is 3.15. The maximum Gasteiger partial charge on any atom is 0.191 e. The van der Waals surface area contributed by atoms with E-state index in [2.05, 4.69) is 64.5 Å². The predicted octanol–water partition coefficient (Wildman–Crippen LogP) is 4.36. The summed E-state index contributed by atoms with van der Waals surface area (Å²) in [6, 6.07) is 8.51. The summed E-state index contributed by atoms with van der Waals surface area (Å²) < 4.78 is 0. The fourth-order valence-corrected chi connectivity index (χ4v) is 3.51. The number of hydrogen-bond donors (Lipinski definition) is 2. The van der Waals surface area contributed by atoms with Crippen LogP contribution in [0.5, 0.6) is 0 Å². The minimum absolute atomic E-state index is 0. The number of guanidine groups is 1. The molecule has 0 aromatic carbocycles. The summed E-state index contributed by atoms with van der Waals surface area (Å²) in [7, 11) is 0. The maximum atomic E-state index is 4.63. The molecule has 2 heterocycles. The van der Waals surface area contributed by atoms with Crippen molar-refractivity contribution in [1.82, 2.24) is 10.6 Å². The van der Waals surface area contributed by atoms with E-state index in [1.807, 2.05) is 11.3 Å². The van der Waals surface area contributed by atoms with Crippen molar-refractivity contribution in [3.05, 3.63) is 44.8 Å². The van der Waals surface area contributed by atoms with Crippen LogP contribution in [0.1, 0.15) is 23.6 Å². The van der Waals surface area contributed by atoms with Gasteiger partial charge in [-0.05, 0) is 42.2 Å². The molecule has 0 aliphatic rings. The first-order chi connectivity index (χ1) is 10.3. The van der Waals surface area contributed by atoms with Crippen LogP contribution in [0.2, 0.25) is 0 Å². The van der Waals surface area contributed by atoms with Crippen molar-refractivity contribution >= 4 is 52.6 Å². The molecule has 0 spiro atoms. The Kier molecular flexibility index (Phi) is 9.74. The number of rotatable bonds is 7. The van der Waals surface area contributed by atoms with Gasteiger partial charge in [0.05, 0.1) is 6.54 Å². The summed E-state index contributed by atoms with van der Waals surface area (Å²) in [5.74, 6) is 1.50. The lowest BCUT2D eigenvalue weighted by Crippen LogP contribution is -2.39. The van der Waals surface area contributed by atoms with Gasteiger partial charge in [0, 0.05) is 22.8 Å². The van der Waals surface area contributed by atoms with E-state index < -0.39 is 0 Å². The molecule has 2 N–H and O–H groups in total. The largest absolute Gasteiger partial charge is 0.357 e. The zero-order valence-corrected chi connectivity index (χ0v) is 17.0. The lowest BCUT2D eigenvalue weighted by atomic mass is 10.1. The van der Waals surface area contributed by atoms with Crippen LogP contribution in [-0.2, 0) is 13.0 Å². The normalized spacial score (nSPS) is 12.5. The molecule has 0 amide bonds. The SMILES string of the molecule is CCNC(=NCc1cccs1)NCC(C)Cc1cccs1.I. The van der Waals surface area contributed by atoms with E-state index in [1.165, 1.54) is 9.75 Å². The van der Waals surface area contributed by atoms with Crippen LogP contribution >= 0.6 is 46.7 Å². The second-order valence-electron chi connectivity index (χ2n) is 5.04. The van der Waals surface area contributed by atoms with Crippen LogP contribution in [0.3, 0.4) is 0 Å². The van der Waals surface area contributed by atoms with Crippen LogP contribution < -0.4 is 10.6 Å². The summed E-state index contributed by atoms with van der Waals surface area (Å²) in [6.07, 6.45) is 1.12. The van der Waals surface area contributed by atoms with Gasteiger partial charge in [-0.25, -0.2) is 4.99 Å². The highest BCUT2D eigenvalue weighted by Gasteiger charge is 2.06. The summed E-state index contributed by atoms with van der Waals surface area (Å²) in [6.45, 7) is 6.93. The first kappa shape index (κ1) is 19.4. The van der Waals surface area contributed by atoms with Gasteiger partial charge in [0.2, 0.25) is 0 Å². The Morgan fingerprint density at radius 2 is 1.82 bits per heavy atom. The van der Waals surface area contributed by atoms with E-state index in [0.717, 1.165) is 32.0 Å². The van der Waals surface area contributed by atoms with Crippen LogP contribution in [0.25, 0.3) is 0 Å². The molecule has 0 saturated carbocycles. The Hall–Kier alpha value is -0.600. The summed E-state index contributed by atoms with van der Waals surface area (Å²) in [5, 5.41) is 11.0. The van der Waals surface area contributed by atoms with Gasteiger partial charge in [0.1, 0.15) is 0 Å². The first-order valence-electron chi connectivity index (χ1n) is 7.35. The molecule has 122 valence electrons. The standard InChI is InChI=1S/C16H23N3S2.HI/c1-3-17-16(19-12-15-7-5-9-21-15)18-11-13(2)10-14-6-4-8-20-14;/h4-9,13H,3,10-12H2,1-2H3,(H2,17,18,19);1H. The fraction of sp³-hybridized carbons (Fsp3) is 0.438. The van der Waals surface area contributed by atoms with Gasteiger partial charge in [-0.3, -0.25) is 0 Å². The van der Waals surface area contributed by atoms with Crippen molar-refractivity contribution in [1.29, 1.82) is 0 Å². The highest BCUT2D eigenvalue weighted by molar-refractivity contribution is 14.0. The fourth-order valence-electron chi connectivity index (χ4n) is 2.02. The number of halogens is 1. The van der Waals surface area contributed by atoms with Gasteiger partial charge in [-0.1, -0.05) is 19.1 Å². The van der Waals surface area contributed by atoms with Gasteiger partial charge in [-0.2, -0.15) is 0 Å². The molecule has 0 aliphatic heterocycles. The number of nitrogens with one attached hydrogen (secondary N) is 2. The molecule has 22 heavy (non-hydrogen) atoms. The molecule has 0 radical (unpaired) electrons. The predicted molar refractivity (Wildman–Crippen MR) is 110 cm³/mol. The monoisotopic (exact) mass is 449 g/mol. The van der Waals surface area contributed by atoms with Crippen LogP contribution in [0.4, 0.5) is 0 Å². The third-order valence-corrected chi connectivity index (χ3v) is 4.82. The first-order valence-corrected chi connectivity index (χ1v) is 9.10. The lowest BCUT2D eigenvalue weighted by molar-refractivity contribution is 0.562. The van der Waals surface area contributed by atoms with Crippen molar-refractivity contribution in [2.45, 2.75) is 26.8 Å². The van der Waals surface area contributed by atoms with Crippen molar-refractivity contribution in [3.63, 3.8) is 0 Å². The third kappa shape index (κ3) is 7.11. The van der Waals surface area contributed by atoms with Gasteiger partial charge in [0.15, 0.2) is 5.96 Å². The number of hydrogen-bond acceptors (Lipinski definition) is 3. The Bertz CT molecular complexity index is 524. The molecule has 2 aromatic rings. The molecule has 2 rings (SSSR count). The molecule has 1 unspecified atom stereocenters. The second kappa shape index (κ2) is 11.0. The lowest BCUT2D eigenvalue weighted by Gasteiger charge is -2.15. The average molecular weight is 449 g/mol. The van der Waals surface area contributed by atoms with Crippen molar-refractivity contribution in [3.8, 4) is 0 Å². The molecule has 0 aliphatic carbocycles. The maximum absolute atomic E-state index is 4.63. The van der Waals surface area contributed by atoms with Gasteiger partial charge in [-0.15, -0.1) is 46.7 Å². The summed E-state index contributed by atoms with van der Waals surface area (Å²) in [5.41, 5.74) is 0. The van der Waals surface area contributed by atoms with E-state index >= 15 is 0 Å². The minimum atomic E-state index is 0. The highest BCUT2D eigenvalue weighted by Crippen LogP contribution is 2.14. The topological polar surface area (TPSA) is 36.4 Å². The van der Waals surface area contributed by atoms with Crippen molar-refractivity contribution in [2.24, 2.45) is 10.9 Å². The van der Waals surface area contributed by atoms with Gasteiger partial charge in [0.25, 0.3) is 0 Å².